The number of nitrogens with zero attached hydrogens (tertiary/aromatic N) is 2. The number of rotatable bonds is 4. The maximum Gasteiger partial charge on any atom is 0.311 e. The van der Waals surface area contributed by atoms with Crippen LogP contribution < -0.4 is 4.74 Å². The van der Waals surface area contributed by atoms with Crippen molar-refractivity contribution in [1.82, 2.24) is 0 Å². The smallest absolute Gasteiger partial charge is 0.311 e. The predicted molar refractivity (Wildman–Crippen MR) is 59.0 cm³/mol. The number of benzene rings is 1. The molecule has 1 aromatic rings. The molecule has 1 aromatic carbocycles. The summed E-state index contributed by atoms with van der Waals surface area (Å²) >= 11 is 0. The van der Waals surface area contributed by atoms with Crippen molar-refractivity contribution in [2.24, 2.45) is 0 Å². The van der Waals surface area contributed by atoms with Gasteiger partial charge in [0.2, 0.25) is 0 Å². The molecule has 6 nitrogen and oxygen atoms in total. The molecule has 0 aliphatic rings. The summed E-state index contributed by atoms with van der Waals surface area (Å²) in [5.74, 6) is -0.397. The molecule has 0 aliphatic carbocycles. The summed E-state index contributed by atoms with van der Waals surface area (Å²) in [6.07, 6.45) is 0. The minimum Gasteiger partial charge on any atom is -0.487 e. The second-order valence-electron chi connectivity index (χ2n) is 3.22. The fraction of sp³-hybridized carbons (Fsp3) is 0.273. The molecular formula is C11H10N2O4. The van der Waals surface area contributed by atoms with E-state index in [2.05, 4.69) is 0 Å². The number of carbonyl (C=O) groups excluding carboxylic acids is 1. The van der Waals surface area contributed by atoms with Crippen LogP contribution >= 0.6 is 0 Å². The molecule has 0 heterocycles. The van der Waals surface area contributed by atoms with Crippen molar-refractivity contribution in [2.45, 2.75) is 13.8 Å². The van der Waals surface area contributed by atoms with E-state index in [0.29, 0.717) is 0 Å². The van der Waals surface area contributed by atoms with Crippen LogP contribution in [0.2, 0.25) is 0 Å². The van der Waals surface area contributed by atoms with Gasteiger partial charge in [-0.25, -0.2) is 0 Å². The molecule has 0 radical (unpaired) electrons. The Kier molecular flexibility index (Phi) is 3.78. The van der Waals surface area contributed by atoms with Crippen LogP contribution in [0.25, 0.3) is 0 Å². The number of Topliss-reactive ketones (excluding diaryl/α,β-unsaturated/α-hetero) is 1. The quantitative estimate of drug-likeness (QED) is 0.451. The summed E-state index contributed by atoms with van der Waals surface area (Å²) in [4.78, 5) is 21.4. The first-order valence-corrected chi connectivity index (χ1v) is 4.87. The maximum absolute atomic E-state index is 11.3. The molecule has 6 heteroatoms. The first kappa shape index (κ1) is 12.6. The number of hydrogen-bond acceptors (Lipinski definition) is 5. The Labute approximate surface area is 97.6 Å². The topological polar surface area (TPSA) is 93.2 Å². The number of hydrogen-bond donors (Lipinski definition) is 0. The van der Waals surface area contributed by atoms with Crippen molar-refractivity contribution in [3.8, 4) is 11.8 Å². The van der Waals surface area contributed by atoms with E-state index in [-0.39, 0.29) is 29.2 Å². The van der Waals surface area contributed by atoms with Gasteiger partial charge in [-0.1, -0.05) is 0 Å². The van der Waals surface area contributed by atoms with Crippen LogP contribution in [0.1, 0.15) is 29.8 Å². The predicted octanol–water partition coefficient (Wildman–Crippen LogP) is 2.07. The van der Waals surface area contributed by atoms with E-state index in [1.165, 1.54) is 13.0 Å². The van der Waals surface area contributed by atoms with E-state index in [1.54, 1.807) is 6.92 Å². The van der Waals surface area contributed by atoms with Crippen LogP contribution in [0.4, 0.5) is 5.69 Å². The molecule has 0 spiro atoms. The lowest BCUT2D eigenvalue weighted by molar-refractivity contribution is -0.385. The molecule has 88 valence electrons. The molecule has 0 unspecified atom stereocenters. The fourth-order valence-electron chi connectivity index (χ4n) is 1.37. The third-order valence-corrected chi connectivity index (χ3v) is 2.10. The Balaban J connectivity index is 3.49. The van der Waals surface area contributed by atoms with Crippen LogP contribution in [0.5, 0.6) is 5.75 Å². The van der Waals surface area contributed by atoms with Crippen LogP contribution in [0.15, 0.2) is 12.1 Å². The molecule has 17 heavy (non-hydrogen) atoms. The van der Waals surface area contributed by atoms with Crippen LogP contribution in [0.3, 0.4) is 0 Å². The summed E-state index contributed by atoms with van der Waals surface area (Å²) in [6.45, 7) is 3.17. The Morgan fingerprint density at radius 3 is 2.65 bits per heavy atom. The molecular weight excluding hydrogens is 224 g/mol. The highest BCUT2D eigenvalue weighted by Gasteiger charge is 2.21. The Morgan fingerprint density at radius 1 is 1.59 bits per heavy atom. The normalized spacial score (nSPS) is 9.47. The Hall–Kier alpha value is -2.42. The average Bonchev–Trinajstić information content (AvgIpc) is 2.28. The lowest BCUT2D eigenvalue weighted by Crippen LogP contribution is -2.03. The van der Waals surface area contributed by atoms with Gasteiger partial charge in [0.05, 0.1) is 17.1 Å². The van der Waals surface area contributed by atoms with E-state index >= 15 is 0 Å². The van der Waals surface area contributed by atoms with Gasteiger partial charge >= 0.3 is 5.69 Å². The molecule has 1 rings (SSSR count). The second kappa shape index (κ2) is 5.07. The van der Waals surface area contributed by atoms with Crippen LogP contribution in [0, 0.1) is 21.4 Å². The van der Waals surface area contributed by atoms with Crippen molar-refractivity contribution in [2.75, 3.05) is 6.61 Å². The summed E-state index contributed by atoms with van der Waals surface area (Å²) < 4.78 is 5.07. The lowest BCUT2D eigenvalue weighted by atomic mass is 10.0. The van der Waals surface area contributed by atoms with Gasteiger partial charge in [-0.15, -0.1) is 0 Å². The molecule has 0 bridgehead atoms. The van der Waals surface area contributed by atoms with Gasteiger partial charge in [0, 0.05) is 17.7 Å². The number of ether oxygens (including phenoxy) is 1. The molecule has 0 atom stereocenters. The number of nitro groups is 1. The highest BCUT2D eigenvalue weighted by atomic mass is 16.6. The maximum atomic E-state index is 11.3. The standard InChI is InChI=1S/C11H10N2O4/c1-3-17-11-4-8(6-12)9(7(2)14)5-10(11)13(15)16/h4-5H,3H2,1-2H3. The highest BCUT2D eigenvalue weighted by molar-refractivity contribution is 5.97. The lowest BCUT2D eigenvalue weighted by Gasteiger charge is -2.06. The molecule has 0 fully saturated rings. The minimum absolute atomic E-state index is 0.000880. The fourth-order valence-corrected chi connectivity index (χ4v) is 1.37. The summed E-state index contributed by atoms with van der Waals surface area (Å²) in [7, 11) is 0. The molecule has 0 aromatic heterocycles. The van der Waals surface area contributed by atoms with Crippen molar-refractivity contribution in [3.63, 3.8) is 0 Å². The third kappa shape index (κ3) is 2.58. The van der Waals surface area contributed by atoms with E-state index in [9.17, 15) is 14.9 Å². The molecule has 0 aliphatic heterocycles. The van der Waals surface area contributed by atoms with E-state index < -0.39 is 10.7 Å². The van der Waals surface area contributed by atoms with Gasteiger partial charge in [-0.2, -0.15) is 5.26 Å². The average molecular weight is 234 g/mol. The monoisotopic (exact) mass is 234 g/mol. The Morgan fingerprint density at radius 2 is 2.24 bits per heavy atom. The largest absolute Gasteiger partial charge is 0.487 e. The van der Waals surface area contributed by atoms with Crippen molar-refractivity contribution in [3.05, 3.63) is 33.4 Å². The van der Waals surface area contributed by atoms with Gasteiger partial charge in [-0.05, 0) is 13.8 Å². The van der Waals surface area contributed by atoms with Crippen molar-refractivity contribution >= 4 is 11.5 Å². The van der Waals surface area contributed by atoms with Gasteiger partial charge in [0.15, 0.2) is 11.5 Å². The first-order chi connectivity index (χ1) is 8.01. The molecule has 0 saturated carbocycles. The zero-order valence-corrected chi connectivity index (χ0v) is 9.39. The first-order valence-electron chi connectivity index (χ1n) is 4.87. The van der Waals surface area contributed by atoms with Crippen LogP contribution in [-0.4, -0.2) is 17.3 Å². The molecule has 0 saturated heterocycles. The zero-order valence-electron chi connectivity index (χ0n) is 9.39. The Bertz CT molecular complexity index is 517. The van der Waals surface area contributed by atoms with Crippen molar-refractivity contribution < 1.29 is 14.5 Å². The van der Waals surface area contributed by atoms with Gasteiger partial charge < -0.3 is 4.74 Å². The number of nitriles is 1. The SMILES string of the molecule is CCOc1cc(C#N)c(C(C)=O)cc1[N+](=O)[O-]. The van der Waals surface area contributed by atoms with E-state index in [1.807, 2.05) is 6.07 Å². The van der Waals surface area contributed by atoms with E-state index in [4.69, 9.17) is 10.00 Å². The van der Waals surface area contributed by atoms with Gasteiger partial charge in [-0.3, -0.25) is 14.9 Å². The second-order valence-corrected chi connectivity index (χ2v) is 3.22. The summed E-state index contributed by atoms with van der Waals surface area (Å²) in [5, 5.41) is 19.7. The number of ketones is 1. The van der Waals surface area contributed by atoms with Gasteiger partial charge in [0.1, 0.15) is 6.07 Å². The molecule has 0 amide bonds. The molecule has 0 N–H and O–H groups in total. The number of nitro benzene ring substituents is 1. The zero-order chi connectivity index (χ0) is 13.0. The van der Waals surface area contributed by atoms with Crippen molar-refractivity contribution in [1.29, 1.82) is 5.26 Å². The summed E-state index contributed by atoms with van der Waals surface area (Å²) in [5.41, 5.74) is -0.203. The highest BCUT2D eigenvalue weighted by Crippen LogP contribution is 2.30. The van der Waals surface area contributed by atoms with E-state index in [0.717, 1.165) is 6.07 Å². The summed E-state index contributed by atoms with van der Waals surface area (Å²) in [6, 6.07) is 4.11. The van der Waals surface area contributed by atoms with Gasteiger partial charge in [0.25, 0.3) is 0 Å². The number of carbonyl (C=O) groups is 1. The van der Waals surface area contributed by atoms with Crippen LogP contribution in [-0.2, 0) is 0 Å². The minimum atomic E-state index is -0.640. The third-order valence-electron chi connectivity index (χ3n) is 2.10.